The summed E-state index contributed by atoms with van der Waals surface area (Å²) in [5.41, 5.74) is 0. The molecule has 0 atom stereocenters. The van der Waals surface area contributed by atoms with Gasteiger partial charge in [-0.15, -0.1) is 0 Å². The summed E-state index contributed by atoms with van der Waals surface area (Å²) < 4.78 is 5.55. The van der Waals surface area contributed by atoms with Crippen molar-refractivity contribution in [2.75, 3.05) is 0 Å². The van der Waals surface area contributed by atoms with Crippen LogP contribution in [0.1, 0.15) is 49.5 Å². The molecule has 1 fully saturated rings. The Bertz CT molecular complexity index is 334. The van der Waals surface area contributed by atoms with E-state index in [9.17, 15) is 4.79 Å². The molecule has 2 rings (SSSR count). The van der Waals surface area contributed by atoms with Crippen LogP contribution in [-0.4, -0.2) is 11.1 Å². The highest BCUT2D eigenvalue weighted by atomic mass is 16.4. The van der Waals surface area contributed by atoms with Gasteiger partial charge in [-0.3, -0.25) is 4.79 Å². The topological polar surface area (TPSA) is 50.4 Å². The van der Waals surface area contributed by atoms with E-state index in [1.807, 2.05) is 6.07 Å². The molecule has 1 aliphatic carbocycles. The molecule has 15 heavy (non-hydrogen) atoms. The highest BCUT2D eigenvalue weighted by Gasteiger charge is 2.19. The molecule has 0 aromatic carbocycles. The predicted octanol–water partition coefficient (Wildman–Crippen LogP) is 2.95. The molecule has 0 unspecified atom stereocenters. The van der Waals surface area contributed by atoms with E-state index >= 15 is 0 Å². The monoisotopic (exact) mass is 208 g/mol. The Balaban J connectivity index is 2.02. The molecule has 3 heteroatoms. The standard InChI is InChI=1S/C12H16O3/c13-12(14)8-10-6-7-11(15-10)9-4-2-1-3-5-9/h6-7,9H,1-5,8H2,(H,13,14). The van der Waals surface area contributed by atoms with Gasteiger partial charge in [0.25, 0.3) is 0 Å². The maximum atomic E-state index is 10.5. The van der Waals surface area contributed by atoms with E-state index in [1.54, 1.807) is 6.07 Å². The lowest BCUT2D eigenvalue weighted by Gasteiger charge is -2.19. The summed E-state index contributed by atoms with van der Waals surface area (Å²) in [6.45, 7) is 0. The zero-order valence-electron chi connectivity index (χ0n) is 8.74. The third-order valence-electron chi connectivity index (χ3n) is 3.02. The van der Waals surface area contributed by atoms with Crippen molar-refractivity contribution >= 4 is 5.97 Å². The van der Waals surface area contributed by atoms with Gasteiger partial charge in [-0.25, -0.2) is 0 Å². The Morgan fingerprint density at radius 3 is 2.73 bits per heavy atom. The van der Waals surface area contributed by atoms with Crippen LogP contribution >= 0.6 is 0 Å². The Kier molecular flexibility index (Phi) is 3.09. The van der Waals surface area contributed by atoms with Crippen molar-refractivity contribution in [3.8, 4) is 0 Å². The van der Waals surface area contributed by atoms with Crippen molar-refractivity contribution in [1.82, 2.24) is 0 Å². The third kappa shape index (κ3) is 2.61. The lowest BCUT2D eigenvalue weighted by molar-refractivity contribution is -0.136. The Morgan fingerprint density at radius 2 is 2.07 bits per heavy atom. The average molecular weight is 208 g/mol. The average Bonchev–Trinajstić information content (AvgIpc) is 2.67. The van der Waals surface area contributed by atoms with Gasteiger partial charge in [-0.05, 0) is 25.0 Å². The summed E-state index contributed by atoms with van der Waals surface area (Å²) in [4.78, 5) is 10.5. The summed E-state index contributed by atoms with van der Waals surface area (Å²) in [6.07, 6.45) is 6.20. The lowest BCUT2D eigenvalue weighted by Crippen LogP contribution is -2.03. The molecular weight excluding hydrogens is 192 g/mol. The van der Waals surface area contributed by atoms with Crippen molar-refractivity contribution in [1.29, 1.82) is 0 Å². The third-order valence-corrected chi connectivity index (χ3v) is 3.02. The van der Waals surface area contributed by atoms with Crippen LogP contribution < -0.4 is 0 Å². The summed E-state index contributed by atoms with van der Waals surface area (Å²) >= 11 is 0. The molecule has 3 nitrogen and oxygen atoms in total. The van der Waals surface area contributed by atoms with Crippen LogP contribution in [0.25, 0.3) is 0 Å². The van der Waals surface area contributed by atoms with E-state index in [0.717, 1.165) is 5.76 Å². The van der Waals surface area contributed by atoms with Crippen molar-refractivity contribution in [2.45, 2.75) is 44.4 Å². The summed E-state index contributed by atoms with van der Waals surface area (Å²) in [5.74, 6) is 1.23. The number of aliphatic carboxylic acids is 1. The number of furan rings is 1. The lowest BCUT2D eigenvalue weighted by atomic mass is 9.88. The van der Waals surface area contributed by atoms with Gasteiger partial charge in [0.2, 0.25) is 0 Å². The molecule has 0 bridgehead atoms. The van der Waals surface area contributed by atoms with Gasteiger partial charge < -0.3 is 9.52 Å². The van der Waals surface area contributed by atoms with Crippen LogP contribution in [0.4, 0.5) is 0 Å². The van der Waals surface area contributed by atoms with Crippen LogP contribution in [0.5, 0.6) is 0 Å². The first-order chi connectivity index (χ1) is 7.25. The van der Waals surface area contributed by atoms with E-state index < -0.39 is 5.97 Å². The van der Waals surface area contributed by atoms with Gasteiger partial charge in [0.1, 0.15) is 17.9 Å². The molecule has 1 aromatic rings. The van der Waals surface area contributed by atoms with Crippen LogP contribution in [0.3, 0.4) is 0 Å². The van der Waals surface area contributed by atoms with E-state index in [-0.39, 0.29) is 6.42 Å². The summed E-state index contributed by atoms with van der Waals surface area (Å²) in [5, 5.41) is 8.63. The fraction of sp³-hybridized carbons (Fsp3) is 0.583. The zero-order chi connectivity index (χ0) is 10.7. The second-order valence-corrected chi connectivity index (χ2v) is 4.21. The van der Waals surface area contributed by atoms with Gasteiger partial charge in [-0.2, -0.15) is 0 Å². The van der Waals surface area contributed by atoms with E-state index in [0.29, 0.717) is 11.7 Å². The van der Waals surface area contributed by atoms with Crippen molar-refractivity contribution in [3.63, 3.8) is 0 Å². The second kappa shape index (κ2) is 4.51. The SMILES string of the molecule is O=C(O)Cc1ccc(C2CCCCC2)o1. The van der Waals surface area contributed by atoms with Crippen LogP contribution in [-0.2, 0) is 11.2 Å². The first kappa shape index (κ1) is 10.3. The first-order valence-electron chi connectivity index (χ1n) is 5.56. The molecule has 1 N–H and O–H groups in total. The number of carboxylic acid groups (broad SMARTS) is 1. The van der Waals surface area contributed by atoms with E-state index in [2.05, 4.69) is 0 Å². The van der Waals surface area contributed by atoms with Crippen molar-refractivity contribution < 1.29 is 14.3 Å². The number of rotatable bonds is 3. The molecule has 1 aromatic heterocycles. The second-order valence-electron chi connectivity index (χ2n) is 4.21. The van der Waals surface area contributed by atoms with E-state index in [1.165, 1.54) is 32.1 Å². The van der Waals surface area contributed by atoms with Crippen molar-refractivity contribution in [3.05, 3.63) is 23.7 Å². The Labute approximate surface area is 89.1 Å². The predicted molar refractivity (Wildman–Crippen MR) is 55.9 cm³/mol. The fourth-order valence-electron chi connectivity index (χ4n) is 2.25. The van der Waals surface area contributed by atoms with Gasteiger partial charge in [0, 0.05) is 5.92 Å². The number of hydrogen-bond acceptors (Lipinski definition) is 2. The fourth-order valence-corrected chi connectivity index (χ4v) is 2.25. The number of carbonyl (C=O) groups is 1. The molecule has 0 aliphatic heterocycles. The molecule has 1 heterocycles. The molecule has 0 saturated heterocycles. The zero-order valence-corrected chi connectivity index (χ0v) is 8.74. The normalized spacial score (nSPS) is 17.9. The summed E-state index contributed by atoms with van der Waals surface area (Å²) in [6, 6.07) is 3.73. The summed E-state index contributed by atoms with van der Waals surface area (Å²) in [7, 11) is 0. The minimum absolute atomic E-state index is 0.00722. The smallest absolute Gasteiger partial charge is 0.311 e. The molecule has 1 saturated carbocycles. The van der Waals surface area contributed by atoms with Gasteiger partial charge in [-0.1, -0.05) is 19.3 Å². The Hall–Kier alpha value is -1.25. The largest absolute Gasteiger partial charge is 0.481 e. The van der Waals surface area contributed by atoms with Crippen LogP contribution in [0, 0.1) is 0 Å². The molecule has 0 amide bonds. The molecule has 82 valence electrons. The molecule has 1 aliphatic rings. The highest BCUT2D eigenvalue weighted by molar-refractivity contribution is 5.69. The maximum Gasteiger partial charge on any atom is 0.311 e. The van der Waals surface area contributed by atoms with Gasteiger partial charge >= 0.3 is 5.97 Å². The van der Waals surface area contributed by atoms with Crippen molar-refractivity contribution in [2.24, 2.45) is 0 Å². The number of carboxylic acids is 1. The first-order valence-corrected chi connectivity index (χ1v) is 5.56. The molecule has 0 spiro atoms. The van der Waals surface area contributed by atoms with E-state index in [4.69, 9.17) is 9.52 Å². The molecule has 0 radical (unpaired) electrons. The maximum absolute atomic E-state index is 10.5. The van der Waals surface area contributed by atoms with Crippen LogP contribution in [0.2, 0.25) is 0 Å². The Morgan fingerprint density at radius 1 is 1.33 bits per heavy atom. The number of hydrogen-bond donors (Lipinski definition) is 1. The van der Waals surface area contributed by atoms with Crippen LogP contribution in [0.15, 0.2) is 16.5 Å². The highest BCUT2D eigenvalue weighted by Crippen LogP contribution is 2.33. The molecular formula is C12H16O3. The quantitative estimate of drug-likeness (QED) is 0.830. The minimum atomic E-state index is -0.834. The van der Waals surface area contributed by atoms with Gasteiger partial charge in [0.15, 0.2) is 0 Å². The minimum Gasteiger partial charge on any atom is -0.481 e. The van der Waals surface area contributed by atoms with Gasteiger partial charge in [0.05, 0.1) is 0 Å².